The summed E-state index contributed by atoms with van der Waals surface area (Å²) >= 11 is -0.511. The molecule has 1 heterocycles. The molecule has 0 spiro atoms. The van der Waals surface area contributed by atoms with E-state index in [1.165, 1.54) is 0 Å². The molecule has 0 saturated heterocycles. The zero-order valence-electron chi connectivity index (χ0n) is 8.78. The van der Waals surface area contributed by atoms with Crippen molar-refractivity contribution in [3.8, 4) is 5.75 Å². The van der Waals surface area contributed by atoms with Gasteiger partial charge < -0.3 is 4.18 Å². The van der Waals surface area contributed by atoms with Crippen LogP contribution in [0.4, 0.5) is 13.2 Å². The second-order valence-electron chi connectivity index (χ2n) is 3.43. The van der Waals surface area contributed by atoms with Crippen LogP contribution in [0, 0.1) is 6.92 Å². The lowest BCUT2D eigenvalue weighted by Gasteiger charge is -2.09. The number of benzene rings is 1. The predicted octanol–water partition coefficient (Wildman–Crippen LogP) is 4.09. The van der Waals surface area contributed by atoms with Crippen LogP contribution >= 0.6 is 12.0 Å². The molecule has 0 amide bonds. The third kappa shape index (κ3) is 3.03. The molecule has 2 nitrogen and oxygen atoms in total. The summed E-state index contributed by atoms with van der Waals surface area (Å²) in [6.07, 6.45) is 1.63. The molecule has 0 aliphatic carbocycles. The van der Waals surface area contributed by atoms with Crippen LogP contribution in [0.3, 0.4) is 0 Å². The first kappa shape index (κ1) is 12.0. The number of nitrogens with zero attached hydrogens (tertiary/aromatic N) is 1. The average molecular weight is 259 g/mol. The monoisotopic (exact) mass is 259 g/mol. The molecule has 0 fully saturated rings. The normalized spacial score (nSPS) is 11.8. The highest BCUT2D eigenvalue weighted by Gasteiger charge is 2.31. The Balaban J connectivity index is 2.31. The van der Waals surface area contributed by atoms with Gasteiger partial charge >= 0.3 is 5.51 Å². The van der Waals surface area contributed by atoms with Gasteiger partial charge in [0.15, 0.2) is 12.0 Å². The fourth-order valence-electron chi connectivity index (χ4n) is 1.39. The van der Waals surface area contributed by atoms with E-state index in [0.717, 1.165) is 10.9 Å². The fraction of sp³-hybridized carbons (Fsp3) is 0.182. The number of alkyl halides is 3. The maximum atomic E-state index is 12.0. The van der Waals surface area contributed by atoms with Crippen molar-refractivity contribution in [1.82, 2.24) is 4.98 Å². The molecule has 2 rings (SSSR count). The molecule has 0 aliphatic rings. The average Bonchev–Trinajstić information content (AvgIpc) is 2.25. The Labute approximate surface area is 100 Å². The van der Waals surface area contributed by atoms with E-state index >= 15 is 0 Å². The summed E-state index contributed by atoms with van der Waals surface area (Å²) in [4.78, 5) is 4.11. The third-order valence-corrected chi connectivity index (χ3v) is 2.58. The number of halogens is 3. The third-order valence-electron chi connectivity index (χ3n) is 2.13. The Morgan fingerprint density at radius 1 is 1.29 bits per heavy atom. The Morgan fingerprint density at radius 3 is 2.76 bits per heavy atom. The first-order valence-electron chi connectivity index (χ1n) is 4.73. The van der Waals surface area contributed by atoms with E-state index < -0.39 is 17.6 Å². The lowest BCUT2D eigenvalue weighted by atomic mass is 10.1. The van der Waals surface area contributed by atoms with Crippen LogP contribution in [0.1, 0.15) is 5.56 Å². The van der Waals surface area contributed by atoms with E-state index in [2.05, 4.69) is 9.17 Å². The molecule has 0 unspecified atom stereocenters. The SMILES string of the molecule is Cc1cc2ncccc2cc1OSC(F)(F)F. The van der Waals surface area contributed by atoms with Gasteiger partial charge in [-0.25, -0.2) is 0 Å². The van der Waals surface area contributed by atoms with Crippen LogP contribution in [-0.2, 0) is 0 Å². The molecule has 90 valence electrons. The molecule has 0 aliphatic heterocycles. The van der Waals surface area contributed by atoms with E-state index in [1.54, 1.807) is 37.4 Å². The van der Waals surface area contributed by atoms with Gasteiger partial charge in [-0.15, -0.1) is 0 Å². The van der Waals surface area contributed by atoms with Gasteiger partial charge in [-0.3, -0.25) is 4.98 Å². The van der Waals surface area contributed by atoms with E-state index in [1.807, 2.05) is 0 Å². The van der Waals surface area contributed by atoms with Gasteiger partial charge in [0, 0.05) is 11.6 Å². The van der Waals surface area contributed by atoms with Crippen LogP contribution in [-0.4, -0.2) is 10.5 Å². The van der Waals surface area contributed by atoms with Gasteiger partial charge in [0.25, 0.3) is 0 Å². The maximum absolute atomic E-state index is 12.0. The smallest absolute Gasteiger partial charge is 0.417 e. The second-order valence-corrected chi connectivity index (χ2v) is 4.22. The molecule has 0 N–H and O–H groups in total. The number of aryl methyl sites for hydroxylation is 1. The highest BCUT2D eigenvalue weighted by Crippen LogP contribution is 2.34. The maximum Gasteiger partial charge on any atom is 0.479 e. The number of hydrogen-bond donors (Lipinski definition) is 0. The summed E-state index contributed by atoms with van der Waals surface area (Å²) in [6.45, 7) is 1.68. The first-order valence-corrected chi connectivity index (χ1v) is 5.48. The molecule has 0 radical (unpaired) electrons. The predicted molar refractivity (Wildman–Crippen MR) is 60.8 cm³/mol. The standard InChI is InChI=1S/C11H8F3NOS/c1-7-5-9-8(3-2-4-15-9)6-10(7)16-17-11(12,13)14/h2-6H,1H3. The molecule has 1 aromatic heterocycles. The quantitative estimate of drug-likeness (QED) is 0.758. The van der Waals surface area contributed by atoms with Crippen molar-refractivity contribution in [3.63, 3.8) is 0 Å². The molecule has 6 heteroatoms. The van der Waals surface area contributed by atoms with Crippen molar-refractivity contribution in [3.05, 3.63) is 36.0 Å². The zero-order valence-corrected chi connectivity index (χ0v) is 9.60. The molecule has 0 saturated carbocycles. The van der Waals surface area contributed by atoms with Gasteiger partial charge in [-0.1, -0.05) is 6.07 Å². The summed E-state index contributed by atoms with van der Waals surface area (Å²) in [5.41, 5.74) is -3.06. The minimum absolute atomic E-state index is 0.202. The van der Waals surface area contributed by atoms with E-state index in [0.29, 0.717) is 5.56 Å². The Bertz CT molecular complexity index is 542. The van der Waals surface area contributed by atoms with Crippen molar-refractivity contribution < 1.29 is 17.4 Å². The van der Waals surface area contributed by atoms with Crippen molar-refractivity contribution in [1.29, 1.82) is 0 Å². The molecule has 17 heavy (non-hydrogen) atoms. The van der Waals surface area contributed by atoms with Gasteiger partial charge in [0.1, 0.15) is 5.75 Å². The van der Waals surface area contributed by atoms with Crippen molar-refractivity contribution in [2.45, 2.75) is 12.4 Å². The van der Waals surface area contributed by atoms with Gasteiger partial charge in [0.2, 0.25) is 0 Å². The number of pyridine rings is 1. The zero-order chi connectivity index (χ0) is 12.5. The van der Waals surface area contributed by atoms with Crippen molar-refractivity contribution in [2.75, 3.05) is 0 Å². The summed E-state index contributed by atoms with van der Waals surface area (Å²) in [5, 5.41) is 0.746. The lowest BCUT2D eigenvalue weighted by Crippen LogP contribution is -2.03. The van der Waals surface area contributed by atoms with E-state index in [4.69, 9.17) is 0 Å². The van der Waals surface area contributed by atoms with Crippen LogP contribution in [0.2, 0.25) is 0 Å². The number of rotatable bonds is 2. The first-order chi connectivity index (χ1) is 7.96. The van der Waals surface area contributed by atoms with Crippen LogP contribution in [0.25, 0.3) is 10.9 Å². The lowest BCUT2D eigenvalue weighted by molar-refractivity contribution is -0.0369. The molecule has 1 aromatic carbocycles. The Hall–Kier alpha value is -1.43. The molecular weight excluding hydrogens is 251 g/mol. The van der Waals surface area contributed by atoms with E-state index in [9.17, 15) is 13.2 Å². The number of fused-ring (bicyclic) bond motifs is 1. The number of aromatic nitrogens is 1. The minimum atomic E-state index is -4.41. The van der Waals surface area contributed by atoms with E-state index in [-0.39, 0.29) is 5.75 Å². The molecule has 2 aromatic rings. The van der Waals surface area contributed by atoms with Crippen molar-refractivity contribution >= 4 is 22.9 Å². The summed E-state index contributed by atoms with van der Waals surface area (Å²) < 4.78 is 40.7. The van der Waals surface area contributed by atoms with Crippen LogP contribution in [0.15, 0.2) is 30.5 Å². The minimum Gasteiger partial charge on any atom is -0.417 e. The second kappa shape index (κ2) is 4.44. The van der Waals surface area contributed by atoms with Crippen LogP contribution < -0.4 is 4.18 Å². The highest BCUT2D eigenvalue weighted by atomic mass is 32.2. The van der Waals surface area contributed by atoms with Gasteiger partial charge in [-0.05, 0) is 30.7 Å². The highest BCUT2D eigenvalue weighted by molar-refractivity contribution is 7.95. The topological polar surface area (TPSA) is 22.1 Å². The van der Waals surface area contributed by atoms with Crippen LogP contribution in [0.5, 0.6) is 5.75 Å². The summed E-state index contributed by atoms with van der Waals surface area (Å²) in [6, 6.07) is 6.74. The molecular formula is C11H8F3NOS. The Morgan fingerprint density at radius 2 is 2.06 bits per heavy atom. The van der Waals surface area contributed by atoms with Crippen molar-refractivity contribution in [2.24, 2.45) is 0 Å². The van der Waals surface area contributed by atoms with Gasteiger partial charge in [-0.2, -0.15) is 13.2 Å². The molecule has 0 bridgehead atoms. The number of hydrogen-bond acceptors (Lipinski definition) is 3. The summed E-state index contributed by atoms with van der Waals surface area (Å²) in [5.74, 6) is 0.202. The van der Waals surface area contributed by atoms with Gasteiger partial charge in [0.05, 0.1) is 5.52 Å². The largest absolute Gasteiger partial charge is 0.479 e. The molecule has 0 atom stereocenters. The Kier molecular flexibility index (Phi) is 3.15. The summed E-state index contributed by atoms with van der Waals surface area (Å²) in [7, 11) is 0. The fourth-order valence-corrected chi connectivity index (χ4v) is 1.75.